The molecule has 1 aliphatic carbocycles. The van der Waals surface area contributed by atoms with Crippen LogP contribution >= 0.6 is 24.0 Å². The fraction of sp³-hybridized carbons (Fsp3) is 0.500. The summed E-state index contributed by atoms with van der Waals surface area (Å²) in [5.41, 5.74) is 0.923. The largest absolute Gasteiger partial charge is 0.353 e. The van der Waals surface area contributed by atoms with E-state index in [-0.39, 0.29) is 17.5 Å². The van der Waals surface area contributed by atoms with E-state index in [0.717, 1.165) is 58.4 Å². The highest BCUT2D eigenvalue weighted by Gasteiger charge is 2.38. The minimum Gasteiger partial charge on any atom is -0.353 e. The van der Waals surface area contributed by atoms with Crippen LogP contribution in [0.1, 0.15) is 44.6 Å². The highest BCUT2D eigenvalue weighted by atomic mass is 32.2. The number of anilines is 1. The van der Waals surface area contributed by atoms with Crippen molar-refractivity contribution in [2.75, 3.05) is 37.6 Å². The van der Waals surface area contributed by atoms with Gasteiger partial charge in [-0.15, -0.1) is 0 Å². The molecular weight excluding hydrogens is 454 g/mol. The van der Waals surface area contributed by atoms with Gasteiger partial charge in [-0.05, 0) is 37.6 Å². The first-order valence-corrected chi connectivity index (χ1v) is 13.0. The van der Waals surface area contributed by atoms with E-state index < -0.39 is 0 Å². The number of fused-ring (bicyclic) bond motifs is 1. The molecule has 5 rings (SSSR count). The van der Waals surface area contributed by atoms with Crippen molar-refractivity contribution < 1.29 is 4.79 Å². The molecule has 4 heterocycles. The molecule has 0 bridgehead atoms. The van der Waals surface area contributed by atoms with Gasteiger partial charge in [-0.25, -0.2) is 4.98 Å². The summed E-state index contributed by atoms with van der Waals surface area (Å²) in [7, 11) is 0. The Labute approximate surface area is 203 Å². The van der Waals surface area contributed by atoms with Crippen LogP contribution in [0.2, 0.25) is 0 Å². The molecule has 0 atom stereocenters. The number of nitrogens with zero attached hydrogens (tertiary/aromatic N) is 5. The molecule has 33 heavy (non-hydrogen) atoms. The maximum Gasteiger partial charge on any atom is 0.267 e. The fourth-order valence-electron chi connectivity index (χ4n) is 5.00. The Kier molecular flexibility index (Phi) is 6.53. The highest BCUT2D eigenvalue weighted by Crippen LogP contribution is 2.37. The second kappa shape index (κ2) is 9.56. The number of amides is 1. The van der Waals surface area contributed by atoms with E-state index in [9.17, 15) is 9.59 Å². The van der Waals surface area contributed by atoms with E-state index in [1.165, 1.54) is 18.2 Å². The summed E-state index contributed by atoms with van der Waals surface area (Å²) in [5.74, 6) is 0.584. The standard InChI is InChI=1S/C24H29N5O2S2/c1-2-26-12-14-27(15-13-26)21-18(22(30)28-11-7-6-10-20(28)25-21)16-19-23(31)29(24(32)33-19)17-8-4-3-5-9-17/h6-7,10-11,16-17H,2-5,8-9,12-15H2,1H3/b19-16+. The quantitative estimate of drug-likeness (QED) is 0.488. The lowest BCUT2D eigenvalue weighted by molar-refractivity contribution is -0.124. The molecule has 2 aromatic heterocycles. The smallest absolute Gasteiger partial charge is 0.267 e. The predicted octanol–water partition coefficient (Wildman–Crippen LogP) is 3.37. The number of rotatable bonds is 4. The third-order valence-corrected chi connectivity index (χ3v) is 8.24. The van der Waals surface area contributed by atoms with Crippen LogP contribution in [0.3, 0.4) is 0 Å². The van der Waals surface area contributed by atoms with Crippen molar-refractivity contribution in [3.8, 4) is 0 Å². The first-order valence-electron chi connectivity index (χ1n) is 11.8. The van der Waals surface area contributed by atoms with Crippen LogP contribution < -0.4 is 10.5 Å². The Morgan fingerprint density at radius 2 is 1.88 bits per heavy atom. The molecule has 1 saturated carbocycles. The van der Waals surface area contributed by atoms with Crippen LogP contribution in [0, 0.1) is 0 Å². The van der Waals surface area contributed by atoms with Crippen molar-refractivity contribution in [2.45, 2.75) is 45.1 Å². The third-order valence-electron chi connectivity index (χ3n) is 6.91. The molecule has 0 radical (unpaired) electrons. The maximum absolute atomic E-state index is 13.5. The van der Waals surface area contributed by atoms with Gasteiger partial charge >= 0.3 is 0 Å². The molecular formula is C24H29N5O2S2. The van der Waals surface area contributed by atoms with Gasteiger partial charge < -0.3 is 9.80 Å². The average molecular weight is 484 g/mol. The van der Waals surface area contributed by atoms with Gasteiger partial charge in [0.15, 0.2) is 0 Å². The average Bonchev–Trinajstić information content (AvgIpc) is 3.14. The van der Waals surface area contributed by atoms with E-state index in [4.69, 9.17) is 17.2 Å². The van der Waals surface area contributed by atoms with Crippen LogP contribution in [0.15, 0.2) is 34.1 Å². The van der Waals surface area contributed by atoms with Gasteiger partial charge in [0.1, 0.15) is 15.8 Å². The first kappa shape index (κ1) is 22.6. The SMILES string of the molecule is CCN1CCN(c2nc3ccccn3c(=O)c2/C=C2/SC(=S)N(C3CCCCC3)C2=O)CC1. The van der Waals surface area contributed by atoms with Crippen molar-refractivity contribution in [3.63, 3.8) is 0 Å². The monoisotopic (exact) mass is 483 g/mol. The Morgan fingerprint density at radius 3 is 2.61 bits per heavy atom. The van der Waals surface area contributed by atoms with Crippen molar-refractivity contribution >= 4 is 51.7 Å². The zero-order valence-electron chi connectivity index (χ0n) is 18.9. The van der Waals surface area contributed by atoms with Crippen LogP contribution in [0.5, 0.6) is 0 Å². The topological polar surface area (TPSA) is 61.2 Å². The summed E-state index contributed by atoms with van der Waals surface area (Å²) >= 11 is 6.91. The van der Waals surface area contributed by atoms with E-state index in [1.807, 2.05) is 18.2 Å². The lowest BCUT2D eigenvalue weighted by atomic mass is 9.94. The normalized spacial score (nSPS) is 22.2. The van der Waals surface area contributed by atoms with Crippen molar-refractivity contribution in [1.82, 2.24) is 19.2 Å². The lowest BCUT2D eigenvalue weighted by Crippen LogP contribution is -2.47. The zero-order chi connectivity index (χ0) is 22.9. The molecule has 1 amide bonds. The maximum atomic E-state index is 13.5. The van der Waals surface area contributed by atoms with Crippen LogP contribution in [0.25, 0.3) is 11.7 Å². The summed E-state index contributed by atoms with van der Waals surface area (Å²) in [6, 6.07) is 5.73. The first-order chi connectivity index (χ1) is 16.1. The Bertz CT molecular complexity index is 1160. The summed E-state index contributed by atoms with van der Waals surface area (Å²) in [4.78, 5) is 38.6. The third kappa shape index (κ3) is 4.34. The number of piperazine rings is 1. The highest BCUT2D eigenvalue weighted by molar-refractivity contribution is 8.26. The second-order valence-corrected chi connectivity index (χ2v) is 10.5. The van der Waals surface area contributed by atoms with E-state index in [2.05, 4.69) is 16.7 Å². The molecule has 0 unspecified atom stereocenters. The van der Waals surface area contributed by atoms with Gasteiger partial charge in [0.2, 0.25) is 0 Å². The molecule has 3 aliphatic rings. The summed E-state index contributed by atoms with van der Waals surface area (Å²) in [5, 5.41) is 0. The summed E-state index contributed by atoms with van der Waals surface area (Å²) in [6.07, 6.45) is 8.93. The van der Waals surface area contributed by atoms with Gasteiger partial charge in [-0.2, -0.15) is 0 Å². The van der Waals surface area contributed by atoms with Gasteiger partial charge in [-0.3, -0.25) is 18.9 Å². The molecule has 7 nitrogen and oxygen atoms in total. The Hall–Kier alpha value is -2.23. The molecule has 0 aromatic carbocycles. The number of hydrogen-bond acceptors (Lipinski definition) is 7. The molecule has 174 valence electrons. The number of thioether (sulfide) groups is 1. The van der Waals surface area contributed by atoms with E-state index in [0.29, 0.717) is 26.3 Å². The van der Waals surface area contributed by atoms with Gasteiger partial charge in [-0.1, -0.05) is 56.2 Å². The number of carbonyl (C=O) groups is 1. The van der Waals surface area contributed by atoms with Crippen molar-refractivity contribution in [2.24, 2.45) is 0 Å². The van der Waals surface area contributed by atoms with Gasteiger partial charge in [0.25, 0.3) is 11.5 Å². The molecule has 2 aromatic rings. The number of carbonyl (C=O) groups excluding carboxylic acids is 1. The van der Waals surface area contributed by atoms with Crippen LogP contribution in [-0.4, -0.2) is 68.2 Å². The number of aromatic nitrogens is 2. The molecule has 2 aliphatic heterocycles. The molecule has 0 spiro atoms. The molecule has 3 fully saturated rings. The van der Waals surface area contributed by atoms with E-state index in [1.54, 1.807) is 21.6 Å². The summed E-state index contributed by atoms with van der Waals surface area (Å²) < 4.78 is 2.16. The molecule has 2 saturated heterocycles. The van der Waals surface area contributed by atoms with Gasteiger partial charge in [0, 0.05) is 38.4 Å². The fourth-order valence-corrected chi connectivity index (χ4v) is 6.38. The van der Waals surface area contributed by atoms with Crippen LogP contribution in [-0.2, 0) is 4.79 Å². The minimum atomic E-state index is -0.156. The second-order valence-electron chi connectivity index (χ2n) is 8.85. The predicted molar refractivity (Wildman–Crippen MR) is 138 cm³/mol. The molecule has 9 heteroatoms. The number of hydrogen-bond donors (Lipinski definition) is 0. The zero-order valence-corrected chi connectivity index (χ0v) is 20.5. The number of thiocarbonyl (C=S) groups is 1. The van der Waals surface area contributed by atoms with Crippen LogP contribution in [0.4, 0.5) is 5.82 Å². The number of likely N-dealkylation sites (N-methyl/N-ethyl adjacent to an activating group) is 1. The molecule has 0 N–H and O–H groups in total. The summed E-state index contributed by atoms with van der Waals surface area (Å²) in [6.45, 7) is 6.62. The van der Waals surface area contributed by atoms with E-state index >= 15 is 0 Å². The van der Waals surface area contributed by atoms with Gasteiger partial charge in [0.05, 0.1) is 10.5 Å². The van der Waals surface area contributed by atoms with Crippen molar-refractivity contribution in [3.05, 3.63) is 45.2 Å². The Balaban J connectivity index is 1.55. The van der Waals surface area contributed by atoms with Crippen molar-refractivity contribution in [1.29, 1.82) is 0 Å². The number of pyridine rings is 1. The minimum absolute atomic E-state index is 0.0730. The Morgan fingerprint density at radius 1 is 1.12 bits per heavy atom. The lowest BCUT2D eigenvalue weighted by Gasteiger charge is -2.35.